The molecule has 1 aromatic rings. The molecule has 1 heterocycles. The molecule has 2 unspecified atom stereocenters. The largest absolute Gasteiger partial charge is 0.376 e. The van der Waals surface area contributed by atoms with Crippen LogP contribution in [0.15, 0.2) is 30.3 Å². The standard InChI is InChI=1S/C11H14OS/c1-13-8-11-10(7-12-11)9-5-3-2-4-6-9/h2-6,10-11H,7-8H2,1H3. The molecular formula is C11H14OS. The molecule has 0 N–H and O–H groups in total. The van der Waals surface area contributed by atoms with E-state index in [1.165, 1.54) is 5.56 Å². The number of hydrogen-bond donors (Lipinski definition) is 0. The van der Waals surface area contributed by atoms with Gasteiger partial charge in [0, 0.05) is 11.7 Å². The lowest BCUT2D eigenvalue weighted by Gasteiger charge is -2.36. The molecule has 1 nitrogen and oxygen atoms in total. The highest BCUT2D eigenvalue weighted by Crippen LogP contribution is 2.32. The average Bonchev–Trinajstić information content (AvgIpc) is 2.14. The molecule has 2 rings (SSSR count). The minimum Gasteiger partial charge on any atom is -0.376 e. The van der Waals surface area contributed by atoms with Crippen LogP contribution >= 0.6 is 11.8 Å². The number of benzene rings is 1. The Hall–Kier alpha value is -0.470. The normalized spacial score (nSPS) is 26.8. The van der Waals surface area contributed by atoms with E-state index in [0.717, 1.165) is 12.4 Å². The average molecular weight is 194 g/mol. The second kappa shape index (κ2) is 4.16. The predicted molar refractivity (Wildman–Crippen MR) is 57.3 cm³/mol. The Labute approximate surface area is 83.5 Å². The highest BCUT2D eigenvalue weighted by atomic mass is 32.2. The van der Waals surface area contributed by atoms with E-state index in [9.17, 15) is 0 Å². The Kier molecular flexibility index (Phi) is 2.91. The van der Waals surface area contributed by atoms with Crippen molar-refractivity contribution >= 4 is 11.8 Å². The minimum absolute atomic E-state index is 0.442. The van der Waals surface area contributed by atoms with E-state index in [0.29, 0.717) is 12.0 Å². The molecule has 1 fully saturated rings. The molecule has 0 saturated carbocycles. The van der Waals surface area contributed by atoms with Crippen LogP contribution in [0, 0.1) is 0 Å². The smallest absolute Gasteiger partial charge is 0.0756 e. The third kappa shape index (κ3) is 1.89. The SMILES string of the molecule is CSCC1OCC1c1ccccc1. The summed E-state index contributed by atoms with van der Waals surface area (Å²) < 4.78 is 5.52. The second-order valence-corrected chi connectivity index (χ2v) is 4.25. The second-order valence-electron chi connectivity index (χ2n) is 3.34. The van der Waals surface area contributed by atoms with Crippen molar-refractivity contribution in [3.63, 3.8) is 0 Å². The van der Waals surface area contributed by atoms with Gasteiger partial charge in [-0.25, -0.2) is 0 Å². The van der Waals surface area contributed by atoms with Gasteiger partial charge in [0.15, 0.2) is 0 Å². The van der Waals surface area contributed by atoms with E-state index >= 15 is 0 Å². The van der Waals surface area contributed by atoms with E-state index in [-0.39, 0.29) is 0 Å². The van der Waals surface area contributed by atoms with Gasteiger partial charge in [-0.2, -0.15) is 11.8 Å². The Balaban J connectivity index is 2.02. The maximum Gasteiger partial charge on any atom is 0.0756 e. The summed E-state index contributed by atoms with van der Waals surface area (Å²) in [6.45, 7) is 0.898. The summed E-state index contributed by atoms with van der Waals surface area (Å²) in [5, 5.41) is 0. The first kappa shape index (κ1) is 9.10. The van der Waals surface area contributed by atoms with Crippen LogP contribution < -0.4 is 0 Å². The fraction of sp³-hybridized carbons (Fsp3) is 0.455. The molecule has 0 radical (unpaired) electrons. The molecule has 2 atom stereocenters. The lowest BCUT2D eigenvalue weighted by molar-refractivity contribution is -0.0612. The van der Waals surface area contributed by atoms with E-state index in [1.54, 1.807) is 0 Å². The van der Waals surface area contributed by atoms with Crippen LogP contribution in [0.25, 0.3) is 0 Å². The van der Waals surface area contributed by atoms with Gasteiger partial charge in [0.1, 0.15) is 0 Å². The van der Waals surface area contributed by atoms with Crippen molar-refractivity contribution in [1.82, 2.24) is 0 Å². The van der Waals surface area contributed by atoms with Crippen LogP contribution in [0.5, 0.6) is 0 Å². The molecule has 0 spiro atoms. The summed E-state index contributed by atoms with van der Waals surface area (Å²) in [6, 6.07) is 10.7. The fourth-order valence-corrected chi connectivity index (χ4v) is 2.33. The first-order valence-corrected chi connectivity index (χ1v) is 5.96. The van der Waals surface area contributed by atoms with Crippen molar-refractivity contribution in [2.24, 2.45) is 0 Å². The van der Waals surface area contributed by atoms with Gasteiger partial charge < -0.3 is 4.74 Å². The number of rotatable bonds is 3. The Morgan fingerprint density at radius 2 is 2.15 bits per heavy atom. The zero-order valence-corrected chi connectivity index (χ0v) is 8.59. The van der Waals surface area contributed by atoms with Crippen LogP contribution in [-0.2, 0) is 4.74 Å². The fourth-order valence-electron chi connectivity index (χ4n) is 1.67. The molecule has 70 valence electrons. The number of ether oxygens (including phenoxy) is 1. The van der Waals surface area contributed by atoms with Crippen molar-refractivity contribution in [3.8, 4) is 0 Å². The van der Waals surface area contributed by atoms with E-state index in [2.05, 4.69) is 36.6 Å². The molecule has 1 aliphatic heterocycles. The predicted octanol–water partition coefficient (Wildman–Crippen LogP) is 2.53. The van der Waals surface area contributed by atoms with Crippen molar-refractivity contribution in [3.05, 3.63) is 35.9 Å². The van der Waals surface area contributed by atoms with Gasteiger partial charge in [-0.15, -0.1) is 0 Å². The maximum absolute atomic E-state index is 5.52. The van der Waals surface area contributed by atoms with Gasteiger partial charge >= 0.3 is 0 Å². The molecule has 1 aromatic carbocycles. The van der Waals surface area contributed by atoms with Gasteiger partial charge in [-0.05, 0) is 11.8 Å². The van der Waals surface area contributed by atoms with Crippen LogP contribution in [-0.4, -0.2) is 24.7 Å². The summed E-state index contributed by atoms with van der Waals surface area (Å²) >= 11 is 1.86. The summed E-state index contributed by atoms with van der Waals surface area (Å²) in [5.41, 5.74) is 1.42. The lowest BCUT2D eigenvalue weighted by Crippen LogP contribution is -2.39. The summed E-state index contributed by atoms with van der Waals surface area (Å²) in [4.78, 5) is 0. The Morgan fingerprint density at radius 1 is 1.38 bits per heavy atom. The van der Waals surface area contributed by atoms with Crippen molar-refractivity contribution in [1.29, 1.82) is 0 Å². The molecular weight excluding hydrogens is 180 g/mol. The molecule has 2 heteroatoms. The van der Waals surface area contributed by atoms with Gasteiger partial charge in [-0.3, -0.25) is 0 Å². The maximum atomic E-state index is 5.52. The Morgan fingerprint density at radius 3 is 2.69 bits per heavy atom. The molecule has 1 aliphatic rings. The first-order valence-electron chi connectivity index (χ1n) is 4.57. The monoisotopic (exact) mass is 194 g/mol. The quantitative estimate of drug-likeness (QED) is 0.731. The first-order chi connectivity index (χ1) is 6.42. The highest BCUT2D eigenvalue weighted by molar-refractivity contribution is 7.98. The number of thioether (sulfide) groups is 1. The van der Waals surface area contributed by atoms with Crippen molar-refractivity contribution < 1.29 is 4.74 Å². The van der Waals surface area contributed by atoms with Crippen molar-refractivity contribution in [2.75, 3.05) is 18.6 Å². The topological polar surface area (TPSA) is 9.23 Å². The van der Waals surface area contributed by atoms with E-state index < -0.39 is 0 Å². The molecule has 0 bridgehead atoms. The summed E-state index contributed by atoms with van der Waals surface area (Å²) in [7, 11) is 0. The molecule has 0 aromatic heterocycles. The zero-order chi connectivity index (χ0) is 9.10. The van der Waals surface area contributed by atoms with Crippen LogP contribution in [0.1, 0.15) is 11.5 Å². The highest BCUT2D eigenvalue weighted by Gasteiger charge is 2.32. The van der Waals surface area contributed by atoms with Gasteiger partial charge in [0.25, 0.3) is 0 Å². The van der Waals surface area contributed by atoms with Crippen LogP contribution in [0.2, 0.25) is 0 Å². The lowest BCUT2D eigenvalue weighted by atomic mass is 9.91. The van der Waals surface area contributed by atoms with Crippen molar-refractivity contribution in [2.45, 2.75) is 12.0 Å². The van der Waals surface area contributed by atoms with Crippen LogP contribution in [0.3, 0.4) is 0 Å². The molecule has 0 aliphatic carbocycles. The summed E-state index contributed by atoms with van der Waals surface area (Å²) in [6.07, 6.45) is 2.57. The minimum atomic E-state index is 0.442. The summed E-state index contributed by atoms with van der Waals surface area (Å²) in [5.74, 6) is 1.74. The number of hydrogen-bond acceptors (Lipinski definition) is 2. The van der Waals surface area contributed by atoms with Gasteiger partial charge in [-0.1, -0.05) is 30.3 Å². The molecule has 13 heavy (non-hydrogen) atoms. The molecule has 1 saturated heterocycles. The van der Waals surface area contributed by atoms with Gasteiger partial charge in [0.05, 0.1) is 12.7 Å². The van der Waals surface area contributed by atoms with E-state index in [4.69, 9.17) is 4.74 Å². The third-order valence-electron chi connectivity index (χ3n) is 2.50. The van der Waals surface area contributed by atoms with Crippen LogP contribution in [0.4, 0.5) is 0 Å². The van der Waals surface area contributed by atoms with E-state index in [1.807, 2.05) is 11.8 Å². The zero-order valence-electron chi connectivity index (χ0n) is 7.77. The third-order valence-corrected chi connectivity index (χ3v) is 3.16. The van der Waals surface area contributed by atoms with Gasteiger partial charge in [0.2, 0.25) is 0 Å². The Bertz CT molecular complexity index is 260. The molecule has 0 amide bonds.